The molecule has 0 spiro atoms. The van der Waals surface area contributed by atoms with Gasteiger partial charge in [0.15, 0.2) is 5.75 Å². The predicted octanol–water partition coefficient (Wildman–Crippen LogP) is 2.52. The monoisotopic (exact) mass is 232 g/mol. The lowest BCUT2D eigenvalue weighted by atomic mass is 10.2. The van der Waals surface area contributed by atoms with Crippen LogP contribution < -0.4 is 15.0 Å². The fraction of sp³-hybridized carbons (Fsp3) is 0.308. The molecule has 0 aromatic heterocycles. The van der Waals surface area contributed by atoms with Crippen molar-refractivity contribution in [2.45, 2.75) is 19.9 Å². The van der Waals surface area contributed by atoms with E-state index in [4.69, 9.17) is 4.74 Å². The number of hydrogen-bond acceptors (Lipinski definition) is 2. The molecule has 1 aliphatic rings. The van der Waals surface area contributed by atoms with Gasteiger partial charge >= 0.3 is 6.03 Å². The Labute approximate surface area is 101 Å². The van der Waals surface area contributed by atoms with Gasteiger partial charge in [-0.1, -0.05) is 18.7 Å². The van der Waals surface area contributed by atoms with Crippen molar-refractivity contribution in [2.24, 2.45) is 0 Å². The molecule has 17 heavy (non-hydrogen) atoms. The molecule has 0 aliphatic carbocycles. The Kier molecular flexibility index (Phi) is 3.04. The average Bonchev–Trinajstić information content (AvgIpc) is 2.26. The second-order valence-electron chi connectivity index (χ2n) is 4.30. The van der Waals surface area contributed by atoms with Gasteiger partial charge in [-0.3, -0.25) is 4.90 Å². The maximum Gasteiger partial charge on any atom is 0.322 e. The molecule has 1 aromatic carbocycles. The largest absolute Gasteiger partial charge is 0.458 e. The molecule has 1 heterocycles. The first-order valence-electron chi connectivity index (χ1n) is 5.60. The molecule has 0 radical (unpaired) electrons. The van der Waals surface area contributed by atoms with E-state index in [9.17, 15) is 4.79 Å². The van der Waals surface area contributed by atoms with E-state index in [1.165, 1.54) is 0 Å². The number of para-hydroxylation sites is 2. The van der Waals surface area contributed by atoms with E-state index in [1.54, 1.807) is 4.90 Å². The minimum Gasteiger partial charge on any atom is -0.458 e. The molecule has 1 N–H and O–H groups in total. The molecule has 0 saturated carbocycles. The molecular weight excluding hydrogens is 216 g/mol. The molecule has 0 atom stereocenters. The van der Waals surface area contributed by atoms with Crippen molar-refractivity contribution < 1.29 is 9.53 Å². The third kappa shape index (κ3) is 2.41. The molecule has 4 heteroatoms. The van der Waals surface area contributed by atoms with Crippen LogP contribution in [0.25, 0.3) is 0 Å². The number of carbonyl (C=O) groups is 1. The van der Waals surface area contributed by atoms with Crippen LogP contribution >= 0.6 is 0 Å². The standard InChI is InChI=1S/C13H16N2O2/c1-9(2)14-13(16)15-8-10(3)17-12-7-5-4-6-11(12)15/h4-7,9H,3,8H2,1-2H3,(H,14,16). The summed E-state index contributed by atoms with van der Waals surface area (Å²) in [6, 6.07) is 7.42. The number of fused-ring (bicyclic) bond motifs is 1. The fourth-order valence-electron chi connectivity index (χ4n) is 1.72. The molecule has 90 valence electrons. The summed E-state index contributed by atoms with van der Waals surface area (Å²) in [5.74, 6) is 1.24. The van der Waals surface area contributed by atoms with E-state index >= 15 is 0 Å². The summed E-state index contributed by atoms with van der Waals surface area (Å²) in [6.45, 7) is 8.02. The number of anilines is 1. The molecule has 0 fully saturated rings. The lowest BCUT2D eigenvalue weighted by molar-refractivity contribution is 0.242. The molecule has 0 unspecified atom stereocenters. The lowest BCUT2D eigenvalue weighted by Gasteiger charge is -2.31. The van der Waals surface area contributed by atoms with Gasteiger partial charge in [-0.15, -0.1) is 0 Å². The molecule has 2 amide bonds. The van der Waals surface area contributed by atoms with Crippen LogP contribution in [0.3, 0.4) is 0 Å². The number of hydrogen-bond donors (Lipinski definition) is 1. The van der Waals surface area contributed by atoms with E-state index in [1.807, 2.05) is 38.1 Å². The van der Waals surface area contributed by atoms with E-state index < -0.39 is 0 Å². The Morgan fingerprint density at radius 3 is 2.88 bits per heavy atom. The van der Waals surface area contributed by atoms with Gasteiger partial charge in [-0.2, -0.15) is 0 Å². The highest BCUT2D eigenvalue weighted by Gasteiger charge is 2.25. The van der Waals surface area contributed by atoms with Crippen LogP contribution in [0.1, 0.15) is 13.8 Å². The number of carbonyl (C=O) groups excluding carboxylic acids is 1. The van der Waals surface area contributed by atoms with Crippen LogP contribution in [0.5, 0.6) is 5.75 Å². The van der Waals surface area contributed by atoms with Gasteiger partial charge in [-0.25, -0.2) is 4.79 Å². The van der Waals surface area contributed by atoms with Crippen molar-refractivity contribution in [1.29, 1.82) is 0 Å². The van der Waals surface area contributed by atoms with Crippen molar-refractivity contribution >= 4 is 11.7 Å². The Hall–Kier alpha value is -1.97. The van der Waals surface area contributed by atoms with E-state index in [0.29, 0.717) is 18.1 Å². The van der Waals surface area contributed by atoms with Crippen LogP contribution in [0.4, 0.5) is 10.5 Å². The highest BCUT2D eigenvalue weighted by molar-refractivity contribution is 5.94. The van der Waals surface area contributed by atoms with Crippen LogP contribution in [-0.2, 0) is 0 Å². The third-order valence-electron chi connectivity index (χ3n) is 2.40. The smallest absolute Gasteiger partial charge is 0.322 e. The summed E-state index contributed by atoms with van der Waals surface area (Å²) in [7, 11) is 0. The number of amides is 2. The minimum atomic E-state index is -0.128. The van der Waals surface area contributed by atoms with Crippen molar-refractivity contribution in [1.82, 2.24) is 5.32 Å². The van der Waals surface area contributed by atoms with Crippen LogP contribution in [0, 0.1) is 0 Å². The molecule has 1 aromatic rings. The van der Waals surface area contributed by atoms with Crippen molar-refractivity contribution in [2.75, 3.05) is 11.4 Å². The summed E-state index contributed by atoms with van der Waals surface area (Å²) < 4.78 is 5.50. The maximum atomic E-state index is 12.0. The number of rotatable bonds is 1. The SMILES string of the molecule is C=C1CN(C(=O)NC(C)C)c2ccccc2O1. The summed E-state index contributed by atoms with van der Waals surface area (Å²) >= 11 is 0. The molecule has 0 bridgehead atoms. The van der Waals surface area contributed by atoms with Gasteiger partial charge in [0.05, 0.1) is 12.2 Å². The molecule has 0 saturated heterocycles. The van der Waals surface area contributed by atoms with Gasteiger partial charge in [0.1, 0.15) is 5.76 Å². The predicted molar refractivity (Wildman–Crippen MR) is 67.2 cm³/mol. The third-order valence-corrected chi connectivity index (χ3v) is 2.40. The molecule has 1 aliphatic heterocycles. The first-order chi connectivity index (χ1) is 8.08. The second-order valence-corrected chi connectivity index (χ2v) is 4.30. The first kappa shape index (κ1) is 11.5. The Bertz CT molecular complexity index is 454. The zero-order valence-corrected chi connectivity index (χ0v) is 10.1. The Morgan fingerprint density at radius 2 is 2.18 bits per heavy atom. The Balaban J connectivity index is 2.29. The van der Waals surface area contributed by atoms with E-state index in [2.05, 4.69) is 11.9 Å². The topological polar surface area (TPSA) is 41.6 Å². The van der Waals surface area contributed by atoms with Crippen molar-refractivity contribution in [3.8, 4) is 5.75 Å². The second kappa shape index (κ2) is 4.49. The Morgan fingerprint density at radius 1 is 1.47 bits per heavy atom. The van der Waals surface area contributed by atoms with Crippen LogP contribution in [0.15, 0.2) is 36.6 Å². The minimum absolute atomic E-state index is 0.103. The average molecular weight is 232 g/mol. The number of benzene rings is 1. The van der Waals surface area contributed by atoms with Gasteiger partial charge < -0.3 is 10.1 Å². The molecule has 2 rings (SSSR count). The first-order valence-corrected chi connectivity index (χ1v) is 5.60. The lowest BCUT2D eigenvalue weighted by Crippen LogP contribution is -2.45. The highest BCUT2D eigenvalue weighted by Crippen LogP contribution is 2.33. The molecule has 4 nitrogen and oxygen atoms in total. The number of ether oxygens (including phenoxy) is 1. The highest BCUT2D eigenvalue weighted by atomic mass is 16.5. The summed E-state index contributed by atoms with van der Waals surface area (Å²) in [5.41, 5.74) is 0.776. The fourth-order valence-corrected chi connectivity index (χ4v) is 1.72. The zero-order valence-electron chi connectivity index (χ0n) is 10.1. The van der Waals surface area contributed by atoms with Gasteiger partial charge in [0, 0.05) is 6.04 Å². The van der Waals surface area contributed by atoms with Gasteiger partial charge in [0.25, 0.3) is 0 Å². The summed E-state index contributed by atoms with van der Waals surface area (Å²) in [6.07, 6.45) is 0. The number of urea groups is 1. The summed E-state index contributed by atoms with van der Waals surface area (Å²) in [5, 5.41) is 2.86. The van der Waals surface area contributed by atoms with E-state index in [0.717, 1.165) is 5.69 Å². The van der Waals surface area contributed by atoms with Crippen LogP contribution in [0.2, 0.25) is 0 Å². The van der Waals surface area contributed by atoms with Crippen molar-refractivity contribution in [3.63, 3.8) is 0 Å². The summed E-state index contributed by atoms with van der Waals surface area (Å²) in [4.78, 5) is 13.7. The maximum absolute atomic E-state index is 12.0. The number of nitrogens with one attached hydrogen (secondary N) is 1. The van der Waals surface area contributed by atoms with Gasteiger partial charge in [0.2, 0.25) is 0 Å². The number of nitrogens with zero attached hydrogens (tertiary/aromatic N) is 1. The van der Waals surface area contributed by atoms with Crippen molar-refractivity contribution in [3.05, 3.63) is 36.6 Å². The zero-order chi connectivity index (χ0) is 12.4. The quantitative estimate of drug-likeness (QED) is 0.808. The molecular formula is C13H16N2O2. The van der Waals surface area contributed by atoms with Crippen LogP contribution in [-0.4, -0.2) is 18.6 Å². The van der Waals surface area contributed by atoms with E-state index in [-0.39, 0.29) is 12.1 Å². The van der Waals surface area contributed by atoms with Gasteiger partial charge in [-0.05, 0) is 26.0 Å². The normalized spacial score (nSPS) is 14.3.